The van der Waals surface area contributed by atoms with Crippen molar-refractivity contribution >= 4 is 14.1 Å². The first-order valence-electron chi connectivity index (χ1n) is 5.93. The molecule has 116 valence electrons. The Kier molecular flexibility index (Phi) is 4.67. The highest BCUT2D eigenvalue weighted by Gasteiger charge is 2.54. The summed E-state index contributed by atoms with van der Waals surface area (Å²) < 4.78 is 27.4. The maximum absolute atomic E-state index is 11.8. The van der Waals surface area contributed by atoms with Gasteiger partial charge in [0, 0.05) is 24.3 Å². The summed E-state index contributed by atoms with van der Waals surface area (Å²) in [6.07, 6.45) is -0.524. The molecule has 2 rings (SSSR count). The van der Waals surface area contributed by atoms with Crippen LogP contribution in [-0.2, 0) is 18.6 Å². The second-order valence-corrected chi connectivity index (χ2v) is 5.04. The van der Waals surface area contributed by atoms with Crippen LogP contribution in [0.1, 0.15) is 12.6 Å². The molecule has 21 heavy (non-hydrogen) atoms. The van der Waals surface area contributed by atoms with Gasteiger partial charge >= 0.3 is 13.9 Å². The molecule has 1 aliphatic rings. The van der Waals surface area contributed by atoms with Crippen LogP contribution in [0, 0.1) is 0 Å². The second kappa shape index (κ2) is 6.14. The van der Waals surface area contributed by atoms with Gasteiger partial charge < -0.3 is 20.3 Å². The molecule has 0 radical (unpaired) electrons. The number of hydrogen-bond acceptors (Lipinski definition) is 8. The fraction of sp³-hybridized carbons (Fsp3) is 0.600. The molecule has 2 unspecified atom stereocenters. The first kappa shape index (κ1) is 16.0. The van der Waals surface area contributed by atoms with Gasteiger partial charge in [0.15, 0.2) is 6.10 Å². The zero-order valence-corrected chi connectivity index (χ0v) is 12.0. The minimum absolute atomic E-state index is 0.0154. The van der Waals surface area contributed by atoms with Crippen molar-refractivity contribution in [3.05, 3.63) is 22.7 Å². The monoisotopic (exact) mass is 320 g/mol. The Labute approximate surface area is 120 Å². The number of aliphatic hydroxyl groups excluding tert-OH is 1. The van der Waals surface area contributed by atoms with Gasteiger partial charge in [-0.2, -0.15) is 4.98 Å². The lowest BCUT2D eigenvalue weighted by molar-refractivity contribution is -0.266. The molecule has 1 aromatic rings. The van der Waals surface area contributed by atoms with Crippen LogP contribution < -0.4 is 11.4 Å². The van der Waals surface area contributed by atoms with Crippen molar-refractivity contribution < 1.29 is 28.6 Å². The third-order valence-corrected chi connectivity index (χ3v) is 3.62. The van der Waals surface area contributed by atoms with Gasteiger partial charge in [-0.15, -0.1) is 9.42 Å². The number of ether oxygens (including phenoxy) is 2. The van der Waals surface area contributed by atoms with Crippen molar-refractivity contribution in [2.45, 2.75) is 24.5 Å². The molecule has 4 atom stereocenters. The van der Waals surface area contributed by atoms with E-state index in [9.17, 15) is 14.5 Å². The summed E-state index contributed by atoms with van der Waals surface area (Å²) in [7, 11) is -1.67. The number of nitrogens with zero attached hydrogens (tertiary/aromatic N) is 2. The molecular formula is C10H15N3O7P+. The molecule has 0 aromatic carbocycles. The quantitative estimate of drug-likeness (QED) is 0.588. The lowest BCUT2D eigenvalue weighted by atomic mass is 10.1. The van der Waals surface area contributed by atoms with Crippen LogP contribution in [0.2, 0.25) is 0 Å². The maximum atomic E-state index is 11.8. The third-order valence-electron chi connectivity index (χ3n) is 3.19. The predicted octanol–water partition coefficient (Wildman–Crippen LogP) is -0.886. The lowest BCUT2D eigenvalue weighted by Gasteiger charge is -2.27. The van der Waals surface area contributed by atoms with Crippen molar-refractivity contribution in [2.75, 3.05) is 19.5 Å². The fourth-order valence-electron chi connectivity index (χ4n) is 2.15. The Hall–Kier alpha value is -1.42. The molecule has 0 aliphatic carbocycles. The molecular weight excluding hydrogens is 305 g/mol. The topological polar surface area (TPSA) is 146 Å². The first-order valence-corrected chi connectivity index (χ1v) is 7.06. The molecule has 0 bridgehead atoms. The van der Waals surface area contributed by atoms with E-state index in [1.165, 1.54) is 19.4 Å². The van der Waals surface area contributed by atoms with E-state index in [0.29, 0.717) is 0 Å². The molecule has 0 spiro atoms. The smallest absolute Gasteiger partial charge is 0.391 e. The Morgan fingerprint density at radius 2 is 2.43 bits per heavy atom. The van der Waals surface area contributed by atoms with E-state index in [0.717, 1.165) is 4.57 Å². The molecule has 1 aromatic heterocycles. The molecule has 11 heteroatoms. The molecule has 1 fully saturated rings. The highest BCUT2D eigenvalue weighted by atomic mass is 31.1. The fourth-order valence-corrected chi connectivity index (χ4v) is 2.61. The van der Waals surface area contributed by atoms with Gasteiger partial charge in [-0.3, -0.25) is 4.57 Å². The molecule has 4 N–H and O–H groups in total. The Morgan fingerprint density at radius 3 is 2.95 bits per heavy atom. The standard InChI is InChI=1S/C10H14N3O7P/c1-18-10(5-14)6(20-21(16)17)4-8(19-10)13-3-2-7(11)12-9(13)15/h2-3,6,8,14H,4-5H2,1H3,(H2-,11,12,15,16,17)/p+1/t6?,8-,10-/m1/s1. The van der Waals surface area contributed by atoms with E-state index >= 15 is 0 Å². The number of nitrogen functional groups attached to an aromatic ring is 1. The van der Waals surface area contributed by atoms with Gasteiger partial charge in [-0.1, -0.05) is 0 Å². The van der Waals surface area contributed by atoms with Crippen LogP contribution in [0.15, 0.2) is 17.1 Å². The summed E-state index contributed by atoms with van der Waals surface area (Å²) in [5, 5.41) is 9.45. The van der Waals surface area contributed by atoms with Gasteiger partial charge in [0.05, 0.1) is 0 Å². The van der Waals surface area contributed by atoms with Gasteiger partial charge in [0.2, 0.25) is 5.79 Å². The summed E-state index contributed by atoms with van der Waals surface area (Å²) in [5.41, 5.74) is 4.74. The average Bonchev–Trinajstić information content (AvgIpc) is 2.77. The predicted molar refractivity (Wildman–Crippen MR) is 69.2 cm³/mol. The molecule has 0 saturated carbocycles. The molecule has 1 saturated heterocycles. The van der Waals surface area contributed by atoms with E-state index in [2.05, 4.69) is 4.98 Å². The minimum atomic E-state index is -2.93. The van der Waals surface area contributed by atoms with E-state index in [1.807, 2.05) is 0 Å². The van der Waals surface area contributed by atoms with E-state index < -0.39 is 38.7 Å². The van der Waals surface area contributed by atoms with Gasteiger partial charge in [-0.05, 0) is 6.07 Å². The van der Waals surface area contributed by atoms with Crippen molar-refractivity contribution in [1.29, 1.82) is 0 Å². The molecule has 0 amide bonds. The Balaban J connectivity index is 2.32. The first-order chi connectivity index (χ1) is 9.91. The average molecular weight is 320 g/mol. The van der Waals surface area contributed by atoms with Gasteiger partial charge in [0.1, 0.15) is 18.7 Å². The maximum Gasteiger partial charge on any atom is 0.695 e. The highest BCUT2D eigenvalue weighted by molar-refractivity contribution is 7.32. The van der Waals surface area contributed by atoms with E-state index in [1.54, 1.807) is 0 Å². The van der Waals surface area contributed by atoms with Crippen molar-refractivity contribution in [3.8, 4) is 0 Å². The largest absolute Gasteiger partial charge is 0.695 e. The summed E-state index contributed by atoms with van der Waals surface area (Å²) in [6.45, 7) is -0.620. The van der Waals surface area contributed by atoms with Crippen LogP contribution in [0.5, 0.6) is 0 Å². The number of methoxy groups -OCH3 is 1. The minimum Gasteiger partial charge on any atom is -0.391 e. The summed E-state index contributed by atoms with van der Waals surface area (Å²) in [6, 6.07) is 1.40. The van der Waals surface area contributed by atoms with Crippen molar-refractivity contribution in [1.82, 2.24) is 9.55 Å². The van der Waals surface area contributed by atoms with Crippen molar-refractivity contribution in [3.63, 3.8) is 0 Å². The van der Waals surface area contributed by atoms with Crippen LogP contribution >= 0.6 is 8.25 Å². The zero-order valence-electron chi connectivity index (χ0n) is 11.1. The number of rotatable bonds is 5. The Bertz CT molecular complexity index is 588. The van der Waals surface area contributed by atoms with Gasteiger partial charge in [-0.25, -0.2) is 4.79 Å². The number of aromatic nitrogens is 2. The Morgan fingerprint density at radius 1 is 1.71 bits per heavy atom. The second-order valence-electron chi connectivity index (χ2n) is 4.36. The molecule has 10 nitrogen and oxygen atoms in total. The molecule has 2 heterocycles. The van der Waals surface area contributed by atoms with Crippen molar-refractivity contribution in [2.24, 2.45) is 0 Å². The van der Waals surface area contributed by atoms with E-state index in [4.69, 9.17) is 24.6 Å². The third kappa shape index (κ3) is 3.10. The number of aliphatic hydroxyl groups is 1. The van der Waals surface area contributed by atoms with Crippen LogP contribution in [0.25, 0.3) is 0 Å². The van der Waals surface area contributed by atoms with Gasteiger partial charge in [0.25, 0.3) is 0 Å². The van der Waals surface area contributed by atoms with Crippen LogP contribution in [0.4, 0.5) is 5.82 Å². The summed E-state index contributed by atoms with van der Waals surface area (Å²) in [4.78, 5) is 24.2. The summed E-state index contributed by atoms with van der Waals surface area (Å²) >= 11 is 0. The summed E-state index contributed by atoms with van der Waals surface area (Å²) in [5.74, 6) is -1.58. The number of nitrogens with two attached hydrogens (primary N) is 1. The lowest BCUT2D eigenvalue weighted by Crippen LogP contribution is -2.45. The highest BCUT2D eigenvalue weighted by Crippen LogP contribution is 2.41. The number of anilines is 1. The SMILES string of the molecule is CO[C@]1(CO)O[C@@H](n2ccc(N)nc2=O)CC1O[P+](=O)O. The van der Waals surface area contributed by atoms with Crippen LogP contribution in [-0.4, -0.2) is 45.2 Å². The van der Waals surface area contributed by atoms with E-state index in [-0.39, 0.29) is 12.2 Å². The normalized spacial score (nSPS) is 29.6. The zero-order chi connectivity index (χ0) is 15.6. The number of hydrogen-bond donors (Lipinski definition) is 3. The van der Waals surface area contributed by atoms with Crippen LogP contribution in [0.3, 0.4) is 0 Å². The molecule has 1 aliphatic heterocycles.